The van der Waals surface area contributed by atoms with Gasteiger partial charge < -0.3 is 5.32 Å². The lowest BCUT2D eigenvalue weighted by atomic mass is 10.0. The standard InChI is InChI=1S/C22H29ClN4O/c1-3-17-8-9-20(23)19(4-2)22(17)25-21(28)16-27-13-11-26(12-14-27)15-18-7-5-6-10-24-18/h5-10H,3-4,11-16H2,1-2H3,(H,25,28). The quantitative estimate of drug-likeness (QED) is 0.771. The van der Waals surface area contributed by atoms with Gasteiger partial charge in [0.15, 0.2) is 0 Å². The Bertz CT molecular complexity index is 789. The number of aryl methyl sites for hydroxylation is 1. The molecule has 1 N–H and O–H groups in total. The molecule has 5 nitrogen and oxygen atoms in total. The van der Waals surface area contributed by atoms with Gasteiger partial charge in [-0.1, -0.05) is 37.6 Å². The van der Waals surface area contributed by atoms with E-state index in [9.17, 15) is 4.79 Å². The Morgan fingerprint density at radius 2 is 1.82 bits per heavy atom. The fourth-order valence-electron chi connectivity index (χ4n) is 3.68. The minimum Gasteiger partial charge on any atom is -0.324 e. The van der Waals surface area contributed by atoms with Crippen LogP contribution < -0.4 is 5.32 Å². The van der Waals surface area contributed by atoms with Crippen LogP contribution in [-0.4, -0.2) is 53.4 Å². The Hall–Kier alpha value is -1.95. The van der Waals surface area contributed by atoms with E-state index in [4.69, 9.17) is 11.6 Å². The van der Waals surface area contributed by atoms with Gasteiger partial charge in [0.25, 0.3) is 0 Å². The molecule has 1 saturated heterocycles. The van der Waals surface area contributed by atoms with Crippen molar-refractivity contribution in [1.29, 1.82) is 0 Å². The van der Waals surface area contributed by atoms with E-state index in [0.717, 1.165) is 73.1 Å². The van der Waals surface area contributed by atoms with Crippen molar-refractivity contribution < 1.29 is 4.79 Å². The third-order valence-electron chi connectivity index (χ3n) is 5.28. The highest BCUT2D eigenvalue weighted by Gasteiger charge is 2.20. The molecule has 0 radical (unpaired) electrons. The lowest BCUT2D eigenvalue weighted by Gasteiger charge is -2.34. The summed E-state index contributed by atoms with van der Waals surface area (Å²) < 4.78 is 0. The number of amides is 1. The van der Waals surface area contributed by atoms with Crippen LogP contribution in [0.4, 0.5) is 5.69 Å². The number of nitrogens with one attached hydrogen (secondary N) is 1. The maximum Gasteiger partial charge on any atom is 0.238 e. The van der Waals surface area contributed by atoms with E-state index >= 15 is 0 Å². The zero-order chi connectivity index (χ0) is 19.9. The number of halogens is 1. The van der Waals surface area contributed by atoms with Gasteiger partial charge in [0, 0.05) is 49.6 Å². The monoisotopic (exact) mass is 400 g/mol. The normalized spacial score (nSPS) is 15.5. The third-order valence-corrected chi connectivity index (χ3v) is 5.64. The Morgan fingerprint density at radius 1 is 1.07 bits per heavy atom. The Kier molecular flexibility index (Phi) is 7.43. The lowest BCUT2D eigenvalue weighted by molar-refractivity contribution is -0.117. The number of benzene rings is 1. The summed E-state index contributed by atoms with van der Waals surface area (Å²) in [7, 11) is 0. The fraction of sp³-hybridized carbons (Fsp3) is 0.455. The molecule has 2 aromatic rings. The molecule has 0 aliphatic carbocycles. The molecule has 1 aromatic carbocycles. The van der Waals surface area contributed by atoms with Gasteiger partial charge in [0.1, 0.15) is 0 Å². The van der Waals surface area contributed by atoms with Crippen LogP contribution >= 0.6 is 11.6 Å². The lowest BCUT2D eigenvalue weighted by Crippen LogP contribution is -2.48. The third kappa shape index (κ3) is 5.31. The predicted octanol–water partition coefficient (Wildman–Crippen LogP) is 3.62. The molecule has 1 aromatic heterocycles. The van der Waals surface area contributed by atoms with Crippen molar-refractivity contribution in [2.45, 2.75) is 33.2 Å². The summed E-state index contributed by atoms with van der Waals surface area (Å²) in [6.45, 7) is 9.10. The second-order valence-electron chi connectivity index (χ2n) is 7.19. The van der Waals surface area contributed by atoms with Crippen molar-refractivity contribution in [3.05, 3.63) is 58.4 Å². The van der Waals surface area contributed by atoms with Crippen molar-refractivity contribution in [2.75, 3.05) is 38.0 Å². The molecular formula is C22H29ClN4O. The van der Waals surface area contributed by atoms with E-state index in [1.807, 2.05) is 30.5 Å². The number of anilines is 1. The van der Waals surface area contributed by atoms with E-state index in [1.54, 1.807) is 0 Å². The molecule has 0 spiro atoms. The second kappa shape index (κ2) is 10.0. The summed E-state index contributed by atoms with van der Waals surface area (Å²) in [6, 6.07) is 9.95. The first-order chi connectivity index (χ1) is 13.6. The van der Waals surface area contributed by atoms with Gasteiger partial charge in [-0.15, -0.1) is 0 Å². The summed E-state index contributed by atoms with van der Waals surface area (Å²) >= 11 is 6.34. The molecule has 2 heterocycles. The molecule has 1 aliphatic heterocycles. The molecule has 150 valence electrons. The molecule has 0 saturated carbocycles. The molecular weight excluding hydrogens is 372 g/mol. The van der Waals surface area contributed by atoms with E-state index in [1.165, 1.54) is 0 Å². The molecule has 0 unspecified atom stereocenters. The number of nitrogens with zero attached hydrogens (tertiary/aromatic N) is 3. The summed E-state index contributed by atoms with van der Waals surface area (Å²) in [6.07, 6.45) is 3.50. The maximum atomic E-state index is 12.7. The van der Waals surface area contributed by atoms with Crippen LogP contribution in [0.3, 0.4) is 0 Å². The van der Waals surface area contributed by atoms with Gasteiger partial charge in [-0.25, -0.2) is 0 Å². The number of piperazine rings is 1. The van der Waals surface area contributed by atoms with E-state index in [0.29, 0.717) is 6.54 Å². The average molecular weight is 401 g/mol. The number of pyridine rings is 1. The van der Waals surface area contributed by atoms with Crippen molar-refractivity contribution >= 4 is 23.2 Å². The van der Waals surface area contributed by atoms with Crippen LogP contribution in [0.2, 0.25) is 5.02 Å². The number of rotatable bonds is 7. The molecule has 1 aliphatic rings. The molecule has 28 heavy (non-hydrogen) atoms. The van der Waals surface area contributed by atoms with Gasteiger partial charge in [0.2, 0.25) is 5.91 Å². The summed E-state index contributed by atoms with van der Waals surface area (Å²) in [5.41, 5.74) is 4.15. The Labute approximate surface area is 172 Å². The molecule has 1 amide bonds. The maximum absolute atomic E-state index is 12.7. The largest absolute Gasteiger partial charge is 0.324 e. The summed E-state index contributed by atoms with van der Waals surface area (Å²) in [4.78, 5) is 21.7. The van der Waals surface area contributed by atoms with E-state index in [2.05, 4.69) is 40.0 Å². The number of hydrogen-bond donors (Lipinski definition) is 1. The van der Waals surface area contributed by atoms with Crippen LogP contribution in [0.5, 0.6) is 0 Å². The smallest absolute Gasteiger partial charge is 0.238 e. The molecule has 0 atom stereocenters. The van der Waals surface area contributed by atoms with Gasteiger partial charge >= 0.3 is 0 Å². The second-order valence-corrected chi connectivity index (χ2v) is 7.60. The minimum atomic E-state index is 0.0323. The number of carbonyl (C=O) groups excluding carboxylic acids is 1. The first-order valence-electron chi connectivity index (χ1n) is 10.1. The highest BCUT2D eigenvalue weighted by atomic mass is 35.5. The van der Waals surface area contributed by atoms with Crippen molar-refractivity contribution in [2.24, 2.45) is 0 Å². The SMILES string of the molecule is CCc1ccc(Cl)c(CC)c1NC(=O)CN1CCN(Cc2ccccn2)CC1. The minimum absolute atomic E-state index is 0.0323. The van der Waals surface area contributed by atoms with E-state index in [-0.39, 0.29) is 5.91 Å². The van der Waals surface area contributed by atoms with Crippen molar-refractivity contribution in [3.63, 3.8) is 0 Å². The highest BCUT2D eigenvalue weighted by Crippen LogP contribution is 2.29. The predicted molar refractivity (Wildman–Crippen MR) is 115 cm³/mol. The zero-order valence-electron chi connectivity index (χ0n) is 16.7. The Balaban J connectivity index is 1.53. The number of hydrogen-bond acceptors (Lipinski definition) is 4. The highest BCUT2D eigenvalue weighted by molar-refractivity contribution is 6.32. The average Bonchev–Trinajstić information content (AvgIpc) is 2.71. The van der Waals surface area contributed by atoms with Crippen molar-refractivity contribution in [1.82, 2.24) is 14.8 Å². The van der Waals surface area contributed by atoms with Crippen LogP contribution in [0.25, 0.3) is 0 Å². The number of carbonyl (C=O) groups is 1. The summed E-state index contributed by atoms with van der Waals surface area (Å²) in [5.74, 6) is 0.0323. The van der Waals surface area contributed by atoms with Crippen LogP contribution in [-0.2, 0) is 24.2 Å². The van der Waals surface area contributed by atoms with Crippen molar-refractivity contribution in [3.8, 4) is 0 Å². The molecule has 0 bridgehead atoms. The first-order valence-corrected chi connectivity index (χ1v) is 10.4. The first kappa shape index (κ1) is 20.8. The zero-order valence-corrected chi connectivity index (χ0v) is 17.5. The topological polar surface area (TPSA) is 48.5 Å². The molecule has 3 rings (SSSR count). The van der Waals surface area contributed by atoms with Crippen LogP contribution in [0, 0.1) is 0 Å². The van der Waals surface area contributed by atoms with Crippen LogP contribution in [0.1, 0.15) is 30.7 Å². The summed E-state index contributed by atoms with van der Waals surface area (Å²) in [5, 5.41) is 3.85. The number of aromatic nitrogens is 1. The molecule has 6 heteroatoms. The fourth-order valence-corrected chi connectivity index (χ4v) is 3.97. The van der Waals surface area contributed by atoms with Gasteiger partial charge in [-0.2, -0.15) is 0 Å². The Morgan fingerprint density at radius 3 is 2.46 bits per heavy atom. The molecule has 1 fully saturated rings. The van der Waals surface area contributed by atoms with Gasteiger partial charge in [-0.05, 0) is 42.2 Å². The van der Waals surface area contributed by atoms with Gasteiger partial charge in [0.05, 0.1) is 12.2 Å². The van der Waals surface area contributed by atoms with E-state index < -0.39 is 0 Å². The van der Waals surface area contributed by atoms with Crippen LogP contribution in [0.15, 0.2) is 36.5 Å². The van der Waals surface area contributed by atoms with Gasteiger partial charge in [-0.3, -0.25) is 19.6 Å².